The fraction of sp³-hybridized carbons (Fsp3) is 0.294. The van der Waals surface area contributed by atoms with Crippen LogP contribution in [0.2, 0.25) is 5.15 Å². The number of hydrogen-bond donors (Lipinski definition) is 1. The van der Waals surface area contributed by atoms with Gasteiger partial charge in [-0.05, 0) is 24.3 Å². The fourth-order valence-corrected chi connectivity index (χ4v) is 2.76. The van der Waals surface area contributed by atoms with E-state index in [1.807, 2.05) is 0 Å². The van der Waals surface area contributed by atoms with E-state index in [1.54, 1.807) is 24.3 Å². The standard InChI is InChI=1S/C17H16ClN3O5/c18-16-13(4-1-5-19-16)20-14(22)10-26-17(24)11-7-15(23)21(8-11)9-12-3-2-6-25-12/h1-6,11H,7-10H2,(H,20,22)/t11-/m0/s1. The van der Waals surface area contributed by atoms with Gasteiger partial charge in [0, 0.05) is 19.2 Å². The van der Waals surface area contributed by atoms with Crippen molar-refractivity contribution in [1.29, 1.82) is 0 Å². The number of nitrogens with one attached hydrogen (secondary N) is 1. The smallest absolute Gasteiger partial charge is 0.311 e. The molecule has 0 aliphatic carbocycles. The summed E-state index contributed by atoms with van der Waals surface area (Å²) in [5, 5.41) is 2.64. The summed E-state index contributed by atoms with van der Waals surface area (Å²) >= 11 is 5.84. The first-order chi connectivity index (χ1) is 12.5. The number of likely N-dealkylation sites (tertiary alicyclic amines) is 1. The molecule has 0 saturated carbocycles. The topological polar surface area (TPSA) is 102 Å². The molecule has 26 heavy (non-hydrogen) atoms. The largest absolute Gasteiger partial charge is 0.467 e. The van der Waals surface area contributed by atoms with Gasteiger partial charge in [0.15, 0.2) is 11.8 Å². The molecule has 9 heteroatoms. The van der Waals surface area contributed by atoms with E-state index >= 15 is 0 Å². The molecule has 136 valence electrons. The normalized spacial score (nSPS) is 16.6. The maximum atomic E-state index is 12.1. The van der Waals surface area contributed by atoms with Crippen LogP contribution in [-0.2, 0) is 25.7 Å². The summed E-state index contributed by atoms with van der Waals surface area (Å²) in [6.07, 6.45) is 3.06. The van der Waals surface area contributed by atoms with Gasteiger partial charge in [-0.25, -0.2) is 4.98 Å². The second kappa shape index (κ2) is 8.01. The minimum absolute atomic E-state index is 0.0512. The van der Waals surface area contributed by atoms with E-state index in [1.165, 1.54) is 17.4 Å². The highest BCUT2D eigenvalue weighted by molar-refractivity contribution is 6.32. The van der Waals surface area contributed by atoms with E-state index in [0.717, 1.165) is 0 Å². The van der Waals surface area contributed by atoms with Crippen LogP contribution in [0.25, 0.3) is 0 Å². The van der Waals surface area contributed by atoms with Gasteiger partial charge in [0.2, 0.25) is 5.91 Å². The molecular weight excluding hydrogens is 362 g/mol. The number of anilines is 1. The molecule has 0 aromatic carbocycles. The number of furan rings is 1. The molecule has 0 bridgehead atoms. The molecule has 1 saturated heterocycles. The van der Waals surface area contributed by atoms with Crippen molar-refractivity contribution in [2.75, 3.05) is 18.5 Å². The van der Waals surface area contributed by atoms with E-state index in [2.05, 4.69) is 10.3 Å². The van der Waals surface area contributed by atoms with Crippen LogP contribution in [0.15, 0.2) is 41.1 Å². The van der Waals surface area contributed by atoms with Gasteiger partial charge >= 0.3 is 5.97 Å². The third kappa shape index (κ3) is 4.40. The van der Waals surface area contributed by atoms with Gasteiger partial charge in [0.25, 0.3) is 5.91 Å². The first kappa shape index (κ1) is 17.9. The average molecular weight is 378 g/mol. The molecule has 2 aromatic rings. The Labute approximate surface area is 154 Å². The van der Waals surface area contributed by atoms with Crippen molar-refractivity contribution in [3.8, 4) is 0 Å². The second-order valence-corrected chi connectivity index (χ2v) is 6.11. The second-order valence-electron chi connectivity index (χ2n) is 5.75. The van der Waals surface area contributed by atoms with Crippen LogP contribution in [0, 0.1) is 5.92 Å². The molecule has 0 spiro atoms. The van der Waals surface area contributed by atoms with Crippen LogP contribution in [0.4, 0.5) is 5.69 Å². The Kier molecular flexibility index (Phi) is 5.52. The van der Waals surface area contributed by atoms with E-state index in [9.17, 15) is 14.4 Å². The monoisotopic (exact) mass is 377 g/mol. The highest BCUT2D eigenvalue weighted by Gasteiger charge is 2.35. The number of aromatic nitrogens is 1. The van der Waals surface area contributed by atoms with Gasteiger partial charge in [-0.3, -0.25) is 14.4 Å². The van der Waals surface area contributed by atoms with Gasteiger partial charge in [-0.1, -0.05) is 11.6 Å². The third-order valence-electron chi connectivity index (χ3n) is 3.85. The van der Waals surface area contributed by atoms with Gasteiger partial charge in [-0.15, -0.1) is 0 Å². The molecule has 1 N–H and O–H groups in total. The summed E-state index contributed by atoms with van der Waals surface area (Å²) in [5.41, 5.74) is 0.330. The van der Waals surface area contributed by atoms with Crippen molar-refractivity contribution in [2.45, 2.75) is 13.0 Å². The minimum atomic E-state index is -0.604. The van der Waals surface area contributed by atoms with E-state index in [4.69, 9.17) is 20.8 Å². The Balaban J connectivity index is 1.47. The van der Waals surface area contributed by atoms with Crippen LogP contribution in [0.5, 0.6) is 0 Å². The van der Waals surface area contributed by atoms with Crippen molar-refractivity contribution < 1.29 is 23.5 Å². The lowest BCUT2D eigenvalue weighted by Gasteiger charge is -2.14. The van der Waals surface area contributed by atoms with Crippen LogP contribution < -0.4 is 5.32 Å². The SMILES string of the molecule is O=C(COC(=O)[C@H]1CC(=O)N(Cc2ccco2)C1)Nc1cccnc1Cl. The number of ether oxygens (including phenoxy) is 1. The summed E-state index contributed by atoms with van der Waals surface area (Å²) in [6, 6.07) is 6.68. The molecule has 0 unspecified atom stereocenters. The Morgan fingerprint density at radius 2 is 2.23 bits per heavy atom. The number of carbonyl (C=O) groups is 3. The lowest BCUT2D eigenvalue weighted by atomic mass is 10.1. The Hall–Kier alpha value is -2.87. The molecule has 1 fully saturated rings. The summed E-state index contributed by atoms with van der Waals surface area (Å²) in [7, 11) is 0. The molecular formula is C17H16ClN3O5. The summed E-state index contributed by atoms with van der Waals surface area (Å²) < 4.78 is 10.2. The van der Waals surface area contributed by atoms with E-state index < -0.39 is 24.4 Å². The van der Waals surface area contributed by atoms with Crippen molar-refractivity contribution >= 4 is 35.1 Å². The van der Waals surface area contributed by atoms with Crippen molar-refractivity contribution in [3.05, 3.63) is 47.6 Å². The predicted octanol–water partition coefficient (Wildman–Crippen LogP) is 1.86. The predicted molar refractivity (Wildman–Crippen MR) is 91.1 cm³/mol. The summed E-state index contributed by atoms with van der Waals surface area (Å²) in [4.78, 5) is 41.3. The van der Waals surface area contributed by atoms with Crippen molar-refractivity contribution in [2.24, 2.45) is 5.92 Å². The molecule has 3 rings (SSSR count). The zero-order valence-corrected chi connectivity index (χ0v) is 14.4. The Morgan fingerprint density at radius 1 is 1.38 bits per heavy atom. The van der Waals surface area contributed by atoms with Gasteiger partial charge < -0.3 is 19.4 Å². The Morgan fingerprint density at radius 3 is 2.96 bits per heavy atom. The van der Waals surface area contributed by atoms with Crippen molar-refractivity contribution in [1.82, 2.24) is 9.88 Å². The fourth-order valence-electron chi connectivity index (χ4n) is 2.59. The zero-order chi connectivity index (χ0) is 18.5. The highest BCUT2D eigenvalue weighted by atomic mass is 35.5. The number of hydrogen-bond acceptors (Lipinski definition) is 6. The molecule has 1 atom stereocenters. The summed E-state index contributed by atoms with van der Waals surface area (Å²) in [6.45, 7) is 0.0664. The van der Waals surface area contributed by atoms with Crippen LogP contribution in [0.3, 0.4) is 0 Å². The minimum Gasteiger partial charge on any atom is -0.467 e. The zero-order valence-electron chi connectivity index (χ0n) is 13.7. The first-order valence-electron chi connectivity index (χ1n) is 7.90. The maximum absolute atomic E-state index is 12.1. The maximum Gasteiger partial charge on any atom is 0.311 e. The number of nitrogens with zero attached hydrogens (tertiary/aromatic N) is 2. The molecule has 1 aliphatic rings. The molecule has 8 nitrogen and oxygen atoms in total. The number of halogens is 1. The third-order valence-corrected chi connectivity index (χ3v) is 4.15. The lowest BCUT2D eigenvalue weighted by Crippen LogP contribution is -2.28. The van der Waals surface area contributed by atoms with Gasteiger partial charge in [0.1, 0.15) is 5.76 Å². The number of amides is 2. The lowest BCUT2D eigenvalue weighted by molar-refractivity contribution is -0.151. The van der Waals surface area contributed by atoms with Crippen LogP contribution >= 0.6 is 11.6 Å². The number of esters is 1. The van der Waals surface area contributed by atoms with E-state index in [-0.39, 0.29) is 24.0 Å². The van der Waals surface area contributed by atoms with E-state index in [0.29, 0.717) is 18.0 Å². The van der Waals surface area contributed by atoms with Crippen LogP contribution in [0.1, 0.15) is 12.2 Å². The van der Waals surface area contributed by atoms with Gasteiger partial charge in [-0.2, -0.15) is 0 Å². The molecule has 3 heterocycles. The summed E-state index contributed by atoms with van der Waals surface area (Å²) in [5.74, 6) is -1.25. The number of rotatable bonds is 6. The Bertz CT molecular complexity index is 808. The number of pyridine rings is 1. The quantitative estimate of drug-likeness (QED) is 0.609. The average Bonchev–Trinajstić information content (AvgIpc) is 3.25. The van der Waals surface area contributed by atoms with Gasteiger partial charge in [0.05, 0.1) is 24.4 Å². The number of carbonyl (C=O) groups excluding carboxylic acids is 3. The van der Waals surface area contributed by atoms with Crippen LogP contribution in [-0.4, -0.2) is 40.8 Å². The molecule has 0 radical (unpaired) electrons. The first-order valence-corrected chi connectivity index (χ1v) is 8.28. The molecule has 1 aliphatic heterocycles. The highest BCUT2D eigenvalue weighted by Crippen LogP contribution is 2.22. The van der Waals surface area contributed by atoms with Crippen molar-refractivity contribution in [3.63, 3.8) is 0 Å². The molecule has 2 aromatic heterocycles. The molecule has 2 amide bonds.